The molecule has 21 heavy (non-hydrogen) atoms. The Morgan fingerprint density at radius 3 is 2.57 bits per heavy atom. The molecule has 0 aliphatic carbocycles. The minimum absolute atomic E-state index is 0.0120. The first-order valence-corrected chi connectivity index (χ1v) is 6.88. The lowest BCUT2D eigenvalue weighted by molar-refractivity contribution is 0.0990. The van der Waals surface area contributed by atoms with Gasteiger partial charge in [-0.2, -0.15) is 4.98 Å². The van der Waals surface area contributed by atoms with Gasteiger partial charge < -0.3 is 10.3 Å². The van der Waals surface area contributed by atoms with Gasteiger partial charge in [-0.3, -0.25) is 4.79 Å². The first-order chi connectivity index (χ1) is 9.81. The van der Waals surface area contributed by atoms with Crippen molar-refractivity contribution in [2.75, 3.05) is 0 Å². The van der Waals surface area contributed by atoms with Crippen molar-refractivity contribution >= 4 is 5.91 Å². The van der Waals surface area contributed by atoms with E-state index in [0.717, 1.165) is 6.42 Å². The summed E-state index contributed by atoms with van der Waals surface area (Å²) in [5.41, 5.74) is 5.01. The minimum Gasteiger partial charge on any atom is -0.363 e. The first-order valence-electron chi connectivity index (χ1n) is 6.88. The number of carbonyl (C=O) groups excluding carboxylic acids is 1. The monoisotopic (exact) mass is 292 g/mol. The number of nitrogens with zero attached hydrogens (tertiary/aromatic N) is 5. The van der Waals surface area contributed by atoms with Gasteiger partial charge in [-0.15, -0.1) is 5.10 Å². The first kappa shape index (κ1) is 15.1. The maximum atomic E-state index is 11.2. The molecule has 2 aromatic rings. The van der Waals surface area contributed by atoms with E-state index in [0.29, 0.717) is 30.5 Å². The van der Waals surface area contributed by atoms with Gasteiger partial charge in [0.2, 0.25) is 11.7 Å². The number of carbonyl (C=O) groups is 1. The van der Waals surface area contributed by atoms with E-state index in [2.05, 4.69) is 20.2 Å². The van der Waals surface area contributed by atoms with E-state index in [-0.39, 0.29) is 11.2 Å². The quantitative estimate of drug-likeness (QED) is 0.881. The van der Waals surface area contributed by atoms with E-state index in [1.165, 1.54) is 0 Å². The molecule has 0 aromatic carbocycles. The lowest BCUT2D eigenvalue weighted by Gasteiger charge is -2.10. The van der Waals surface area contributed by atoms with E-state index >= 15 is 0 Å². The van der Waals surface area contributed by atoms with Crippen molar-refractivity contribution in [2.45, 2.75) is 52.5 Å². The van der Waals surface area contributed by atoms with Gasteiger partial charge >= 0.3 is 0 Å². The van der Waals surface area contributed by atoms with Crippen molar-refractivity contribution in [1.29, 1.82) is 0 Å². The summed E-state index contributed by atoms with van der Waals surface area (Å²) in [6, 6.07) is 0. The average Bonchev–Trinajstić information content (AvgIpc) is 2.97. The van der Waals surface area contributed by atoms with E-state index < -0.39 is 5.91 Å². The van der Waals surface area contributed by atoms with E-state index in [1.807, 2.05) is 27.7 Å². The Bertz CT molecular complexity index is 637. The number of hydrogen-bond acceptors (Lipinski definition) is 6. The molecule has 0 radical (unpaired) electrons. The number of nitrogens with two attached hydrogens (primary N) is 1. The van der Waals surface area contributed by atoms with Gasteiger partial charge in [0.05, 0.1) is 0 Å². The molecular formula is C13H20N6O2. The molecular weight excluding hydrogens is 272 g/mol. The van der Waals surface area contributed by atoms with Gasteiger partial charge in [-0.05, 0) is 6.42 Å². The van der Waals surface area contributed by atoms with Crippen molar-refractivity contribution in [3.05, 3.63) is 23.4 Å². The topological polar surface area (TPSA) is 113 Å². The van der Waals surface area contributed by atoms with Crippen LogP contribution in [0.5, 0.6) is 0 Å². The Morgan fingerprint density at radius 2 is 2.05 bits per heavy atom. The Morgan fingerprint density at radius 1 is 1.33 bits per heavy atom. The Hall–Kier alpha value is -2.25. The van der Waals surface area contributed by atoms with Crippen molar-refractivity contribution in [3.63, 3.8) is 0 Å². The van der Waals surface area contributed by atoms with Crippen LogP contribution < -0.4 is 5.73 Å². The van der Waals surface area contributed by atoms with Crippen LogP contribution in [0.15, 0.2) is 4.52 Å². The summed E-state index contributed by atoms with van der Waals surface area (Å²) in [4.78, 5) is 19.7. The van der Waals surface area contributed by atoms with Crippen LogP contribution in [0.1, 0.15) is 62.3 Å². The highest BCUT2D eigenvalue weighted by molar-refractivity contribution is 5.88. The maximum absolute atomic E-state index is 11.2. The lowest BCUT2D eigenvalue weighted by atomic mass is 9.97. The van der Waals surface area contributed by atoms with Gasteiger partial charge in [0.15, 0.2) is 5.82 Å². The molecule has 8 nitrogen and oxygen atoms in total. The molecule has 0 unspecified atom stereocenters. The Balaban J connectivity index is 2.26. The molecule has 1 amide bonds. The summed E-state index contributed by atoms with van der Waals surface area (Å²) in [6.45, 7) is 8.30. The summed E-state index contributed by atoms with van der Waals surface area (Å²) < 4.78 is 6.84. The Kier molecular flexibility index (Phi) is 4.06. The fourth-order valence-electron chi connectivity index (χ4n) is 1.77. The molecule has 0 spiro atoms. The molecule has 2 aromatic heterocycles. The normalized spacial score (nSPS) is 11.8. The van der Waals surface area contributed by atoms with Crippen molar-refractivity contribution < 1.29 is 9.32 Å². The third-order valence-corrected chi connectivity index (χ3v) is 2.84. The predicted octanol–water partition coefficient (Wildman–Crippen LogP) is 1.06. The molecule has 2 heterocycles. The zero-order valence-corrected chi connectivity index (χ0v) is 12.8. The summed E-state index contributed by atoms with van der Waals surface area (Å²) in [5.74, 6) is 1.11. The lowest BCUT2D eigenvalue weighted by Crippen LogP contribution is -2.14. The zero-order valence-electron chi connectivity index (χ0n) is 12.8. The standard InChI is InChI=1S/C13H20N6O2/c1-5-6-9-16-11(10(14)20)17-19(9)7-8-15-12(21-18-8)13(2,3)4/h5-7H2,1-4H3,(H2,14,20). The SMILES string of the molecule is CCCc1nc(C(N)=O)nn1Cc1noc(C(C)(C)C)n1. The zero-order chi connectivity index (χ0) is 15.6. The number of aromatic nitrogens is 5. The van der Waals surface area contributed by atoms with Crippen LogP contribution in [0.3, 0.4) is 0 Å². The van der Waals surface area contributed by atoms with E-state index in [4.69, 9.17) is 10.3 Å². The highest BCUT2D eigenvalue weighted by Crippen LogP contribution is 2.19. The third kappa shape index (κ3) is 3.45. The number of rotatable bonds is 5. The van der Waals surface area contributed by atoms with Gasteiger partial charge in [0.1, 0.15) is 12.4 Å². The molecule has 0 saturated carbocycles. The van der Waals surface area contributed by atoms with Crippen LogP contribution in [0.4, 0.5) is 0 Å². The molecule has 114 valence electrons. The summed E-state index contributed by atoms with van der Waals surface area (Å²) >= 11 is 0. The third-order valence-electron chi connectivity index (χ3n) is 2.84. The van der Waals surface area contributed by atoms with Crippen LogP contribution in [0.2, 0.25) is 0 Å². The average molecular weight is 292 g/mol. The van der Waals surface area contributed by atoms with Gasteiger partial charge in [0, 0.05) is 11.8 Å². The number of aryl methyl sites for hydroxylation is 1. The van der Waals surface area contributed by atoms with Crippen LogP contribution in [0.25, 0.3) is 0 Å². The van der Waals surface area contributed by atoms with Gasteiger partial charge in [0.25, 0.3) is 5.91 Å². The number of primary amides is 1. The smallest absolute Gasteiger partial charge is 0.288 e. The van der Waals surface area contributed by atoms with Gasteiger partial charge in [-0.25, -0.2) is 9.67 Å². The maximum Gasteiger partial charge on any atom is 0.288 e. The van der Waals surface area contributed by atoms with Crippen LogP contribution in [-0.2, 0) is 18.4 Å². The molecule has 0 aliphatic heterocycles. The second kappa shape index (κ2) is 5.63. The fourth-order valence-corrected chi connectivity index (χ4v) is 1.77. The molecule has 2 rings (SSSR count). The molecule has 0 saturated heterocycles. The predicted molar refractivity (Wildman–Crippen MR) is 74.6 cm³/mol. The highest BCUT2D eigenvalue weighted by Gasteiger charge is 2.22. The van der Waals surface area contributed by atoms with Gasteiger partial charge in [-0.1, -0.05) is 32.9 Å². The Labute approximate surface area is 122 Å². The molecule has 2 N–H and O–H groups in total. The van der Waals surface area contributed by atoms with E-state index in [9.17, 15) is 4.79 Å². The number of amides is 1. The number of hydrogen-bond donors (Lipinski definition) is 1. The second-order valence-corrected chi connectivity index (χ2v) is 5.89. The summed E-state index contributed by atoms with van der Waals surface area (Å²) in [6.07, 6.45) is 1.58. The molecule has 0 atom stereocenters. The minimum atomic E-state index is -0.644. The van der Waals surface area contributed by atoms with Crippen LogP contribution >= 0.6 is 0 Å². The summed E-state index contributed by atoms with van der Waals surface area (Å²) in [5, 5.41) is 8.05. The van der Waals surface area contributed by atoms with Crippen molar-refractivity contribution in [3.8, 4) is 0 Å². The molecule has 0 bridgehead atoms. The van der Waals surface area contributed by atoms with Crippen molar-refractivity contribution in [1.82, 2.24) is 24.9 Å². The van der Waals surface area contributed by atoms with Crippen LogP contribution in [0, 0.1) is 0 Å². The molecule has 0 fully saturated rings. The molecule has 0 aliphatic rings. The van der Waals surface area contributed by atoms with E-state index in [1.54, 1.807) is 4.68 Å². The molecule has 8 heteroatoms. The largest absolute Gasteiger partial charge is 0.363 e. The van der Waals surface area contributed by atoms with Crippen molar-refractivity contribution in [2.24, 2.45) is 5.73 Å². The highest BCUT2D eigenvalue weighted by atomic mass is 16.5. The summed E-state index contributed by atoms with van der Waals surface area (Å²) in [7, 11) is 0. The second-order valence-electron chi connectivity index (χ2n) is 5.89. The van der Waals surface area contributed by atoms with Crippen LogP contribution in [-0.4, -0.2) is 30.8 Å². The fraction of sp³-hybridized carbons (Fsp3) is 0.615.